The van der Waals surface area contributed by atoms with Gasteiger partial charge in [-0.2, -0.15) is 21.0 Å². The van der Waals surface area contributed by atoms with Crippen molar-refractivity contribution in [3.63, 3.8) is 0 Å². The molecule has 6 aliphatic rings. The number of ether oxygens (including phenoxy) is 3. The number of esters is 1. The Hall–Kier alpha value is -10.5. The van der Waals surface area contributed by atoms with Gasteiger partial charge in [0.2, 0.25) is 17.1 Å². The minimum Gasteiger partial charge on any atom is -0.510 e. The van der Waals surface area contributed by atoms with Crippen LogP contribution in [0.4, 0.5) is 0 Å². The van der Waals surface area contributed by atoms with E-state index in [1.165, 1.54) is 13.8 Å². The molecule has 0 saturated heterocycles. The Kier molecular flexibility index (Phi) is 25.4. The lowest BCUT2D eigenvalue weighted by molar-refractivity contribution is -0.133. The maximum Gasteiger partial charge on any atom is 0.327 e. The number of allylic oxidation sites excluding steroid dienone is 12. The van der Waals surface area contributed by atoms with Crippen molar-refractivity contribution in [3.05, 3.63) is 227 Å². The molecule has 0 aromatic rings. The normalized spacial score (nSPS) is 23.3. The SMILES string of the molecule is [C-]#[N+]C(C)=C1OC(C)(C)CC(C)=C1[N+]#[C-].[C-]#[N+]C1=C(C)C(=O)OC1=C(C)C#N.[C-]#[N+]C1=C(C)C(C)(C)C(=O)C1=C(C)C#N.[C-]#[N+]C1=C(C)C(C)(C)C(C)(C)/C1=C(\C)C#N.[C-]#[N+]C1=C(C)C(C)(C)C(C)(C)C(C)(C)/C1=C(\C)[N+]#[C-].[C-]#[N+]C1=C(C)C(C)(C)OC1=C(C)C#N. The van der Waals surface area contributed by atoms with Gasteiger partial charge in [-0.3, -0.25) is 4.79 Å². The van der Waals surface area contributed by atoms with Crippen molar-refractivity contribution >= 4 is 11.8 Å². The zero-order valence-electron chi connectivity index (χ0n) is 59.1. The molecular weight excluding hydrogens is 1150 g/mol. The van der Waals surface area contributed by atoms with E-state index in [1.807, 2.05) is 80.5 Å². The van der Waals surface area contributed by atoms with Crippen LogP contribution in [0.15, 0.2) is 135 Å². The molecule has 17 heteroatoms. The van der Waals surface area contributed by atoms with Crippen molar-refractivity contribution in [3.8, 4) is 24.3 Å². The lowest BCUT2D eigenvalue weighted by Crippen LogP contribution is -2.50. The Bertz CT molecular complexity index is 4150. The van der Waals surface area contributed by atoms with Gasteiger partial charge in [-0.1, -0.05) is 133 Å². The van der Waals surface area contributed by atoms with Crippen LogP contribution in [-0.4, -0.2) is 23.0 Å². The highest BCUT2D eigenvalue weighted by Crippen LogP contribution is 2.64. The number of hydrogen-bond donors (Lipinski definition) is 0. The Morgan fingerprint density at radius 2 is 0.837 bits per heavy atom. The zero-order chi connectivity index (χ0) is 72.3. The summed E-state index contributed by atoms with van der Waals surface area (Å²) in [6.45, 7) is 111. The average Bonchev–Trinajstić information content (AvgIpc) is 1.04. The molecule has 3 heterocycles. The van der Waals surface area contributed by atoms with Crippen molar-refractivity contribution in [2.75, 3.05) is 0 Å². The van der Waals surface area contributed by atoms with Crippen LogP contribution >= 0.6 is 0 Å². The highest BCUT2D eigenvalue weighted by molar-refractivity contribution is 6.10. The van der Waals surface area contributed by atoms with Gasteiger partial charge in [0, 0.05) is 27.7 Å². The van der Waals surface area contributed by atoms with Crippen LogP contribution in [0.25, 0.3) is 38.8 Å². The average molecular weight is 1240 g/mol. The number of cyclic esters (lactones) is 1. The van der Waals surface area contributed by atoms with Gasteiger partial charge in [0.1, 0.15) is 22.7 Å². The lowest BCUT2D eigenvalue weighted by atomic mass is 9.47. The van der Waals surface area contributed by atoms with Crippen molar-refractivity contribution < 1.29 is 23.8 Å². The van der Waals surface area contributed by atoms with E-state index in [2.05, 4.69) is 114 Å². The van der Waals surface area contributed by atoms with Crippen molar-refractivity contribution in [2.45, 2.75) is 211 Å². The molecule has 3 aliphatic carbocycles. The summed E-state index contributed by atoms with van der Waals surface area (Å²) in [7, 11) is 0. The summed E-state index contributed by atoms with van der Waals surface area (Å²) in [5.41, 5.74) is 11.0. The third-order valence-electron chi connectivity index (χ3n) is 19.7. The monoisotopic (exact) mass is 1230 g/mol. The highest BCUT2D eigenvalue weighted by atomic mass is 16.5. The van der Waals surface area contributed by atoms with Gasteiger partial charge >= 0.3 is 5.97 Å². The van der Waals surface area contributed by atoms with Gasteiger partial charge in [-0.25, -0.2) is 43.6 Å². The molecular formula is C75H86N12O5. The fourth-order valence-corrected chi connectivity index (χ4v) is 11.1. The number of carbonyl (C=O) groups excluding carboxylic acids is 2. The molecule has 3 aliphatic heterocycles. The van der Waals surface area contributed by atoms with Crippen LogP contribution in [0, 0.1) is 130 Å². The largest absolute Gasteiger partial charge is 0.510 e. The smallest absolute Gasteiger partial charge is 0.327 e. The number of Topliss-reactive ketones (excluding diaryl/α,β-unsaturated/α-hetero) is 1. The molecule has 0 N–H and O–H groups in total. The van der Waals surface area contributed by atoms with Crippen LogP contribution < -0.4 is 0 Å². The fourth-order valence-electron chi connectivity index (χ4n) is 11.1. The molecule has 92 heavy (non-hydrogen) atoms. The summed E-state index contributed by atoms with van der Waals surface area (Å²) in [6.07, 6.45) is 0.736. The first-order chi connectivity index (χ1) is 42.0. The summed E-state index contributed by atoms with van der Waals surface area (Å²) in [6, 6.07) is 7.97. The number of hydrogen-bond acceptors (Lipinski definition) is 9. The molecule has 0 unspecified atom stereocenters. The molecule has 0 amide bonds. The van der Waals surface area contributed by atoms with E-state index in [-0.39, 0.29) is 61.1 Å². The van der Waals surface area contributed by atoms with E-state index >= 15 is 0 Å². The Morgan fingerprint density at radius 1 is 0.424 bits per heavy atom. The van der Waals surface area contributed by atoms with Crippen LogP contribution in [-0.2, 0) is 23.8 Å². The standard InChI is InChI=1S/C17H24N2.C14H18N2.C12H14N2O.C12H12N2O.C11H12N2O.C9H6N2O2/c1-11-14(19-10)13(12(2)18-9)16(5,6)17(7,8)15(11,3)4;1-9(8-15)11-12(16-7)10(2)13(3,4)14(11,5)6;1-8-7-12(3,4)15-11(9(2)13-5)10(8)14-6;1-7(6-13)9-10(14-5)8(2)12(3,4)11(9)15;1-7(6-12)10-9(13-5)8(2)11(3,4)14-10;1-5(4-10)8-7(11-3)6(2)9(12)13-8/h1-8H3;1-6H3;7H2,1-4H3;1-4H3;1-4H3;1-2H3/b13-12+;11-9+;;;;. The van der Waals surface area contributed by atoms with Gasteiger partial charge in [0.05, 0.1) is 88.0 Å². The first kappa shape index (κ1) is 79.5. The number of ketones is 1. The second-order valence-electron chi connectivity index (χ2n) is 27.2. The molecule has 0 fully saturated rings. The Balaban J connectivity index is 0.000000554. The van der Waals surface area contributed by atoms with E-state index in [0.717, 1.165) is 45.4 Å². The van der Waals surface area contributed by atoms with Gasteiger partial charge in [-0.15, -0.1) is 0 Å². The summed E-state index contributed by atoms with van der Waals surface area (Å²) < 4.78 is 16.0. The van der Waals surface area contributed by atoms with E-state index in [0.29, 0.717) is 73.7 Å². The minimum atomic E-state index is -0.646. The Morgan fingerprint density at radius 3 is 1.25 bits per heavy atom. The van der Waals surface area contributed by atoms with Crippen molar-refractivity contribution in [2.24, 2.45) is 32.5 Å². The molecule has 476 valence electrons. The quantitative estimate of drug-likeness (QED) is 0.0982. The predicted octanol–water partition coefficient (Wildman–Crippen LogP) is 20.0. The molecule has 0 atom stereocenters. The predicted molar refractivity (Wildman–Crippen MR) is 356 cm³/mol. The van der Waals surface area contributed by atoms with Crippen LogP contribution in [0.3, 0.4) is 0 Å². The number of rotatable bonds is 0. The molecule has 0 bridgehead atoms. The maximum absolute atomic E-state index is 12.0. The fraction of sp³-hybridized carbons (Fsp3) is 0.493. The number of nitriles is 4. The summed E-state index contributed by atoms with van der Waals surface area (Å²) in [4.78, 5) is 50.7. The third-order valence-corrected chi connectivity index (χ3v) is 19.7. The second kappa shape index (κ2) is 29.4. The summed E-state index contributed by atoms with van der Waals surface area (Å²) in [5.74, 6) is 0.319. The molecule has 0 aromatic heterocycles. The lowest BCUT2D eigenvalue weighted by Gasteiger charge is -2.58. The number of nitrogens with zero attached hydrogens (tertiary/aromatic N) is 12. The van der Waals surface area contributed by atoms with Gasteiger partial charge in [-0.05, 0) is 133 Å². The van der Waals surface area contributed by atoms with E-state index in [1.54, 1.807) is 48.5 Å². The van der Waals surface area contributed by atoms with Crippen molar-refractivity contribution in [1.29, 1.82) is 21.0 Å². The van der Waals surface area contributed by atoms with Gasteiger partial charge < -0.3 is 14.2 Å². The van der Waals surface area contributed by atoms with Crippen LogP contribution in [0.2, 0.25) is 0 Å². The molecule has 0 saturated carbocycles. The molecule has 6 rings (SSSR count). The Labute approximate surface area is 549 Å². The van der Waals surface area contributed by atoms with Gasteiger partial charge in [0.15, 0.2) is 40.0 Å². The first-order valence-electron chi connectivity index (χ1n) is 29.3. The topological polar surface area (TPSA) is 192 Å². The molecule has 0 spiro atoms. The molecule has 0 radical (unpaired) electrons. The molecule has 17 nitrogen and oxygen atoms in total. The first-order valence-corrected chi connectivity index (χ1v) is 29.3. The van der Waals surface area contributed by atoms with E-state index in [4.69, 9.17) is 87.8 Å². The summed E-state index contributed by atoms with van der Waals surface area (Å²) >= 11 is 0. The van der Waals surface area contributed by atoms with Crippen molar-refractivity contribution in [1.82, 2.24) is 0 Å². The van der Waals surface area contributed by atoms with Crippen LogP contribution in [0.1, 0.15) is 200 Å². The van der Waals surface area contributed by atoms with Crippen LogP contribution in [0.5, 0.6) is 0 Å². The van der Waals surface area contributed by atoms with E-state index < -0.39 is 17.0 Å². The summed E-state index contributed by atoms with van der Waals surface area (Å²) in [5, 5.41) is 35.2. The minimum absolute atomic E-state index is 0.0282. The third kappa shape index (κ3) is 14.9. The highest BCUT2D eigenvalue weighted by Gasteiger charge is 2.55. The van der Waals surface area contributed by atoms with E-state index in [9.17, 15) is 9.59 Å². The second-order valence-corrected chi connectivity index (χ2v) is 27.2. The van der Waals surface area contributed by atoms with Gasteiger partial charge in [0.25, 0.3) is 0 Å². The zero-order valence-corrected chi connectivity index (χ0v) is 59.1. The maximum atomic E-state index is 12.0. The molecule has 0 aromatic carbocycles. The number of carbonyl (C=O) groups is 2.